The molecule has 0 radical (unpaired) electrons. The number of morpholine rings is 1. The largest absolute Gasteiger partial charge is 0.372 e. The van der Waals surface area contributed by atoms with Gasteiger partial charge in [-0.25, -0.2) is 0 Å². The lowest BCUT2D eigenvalue weighted by atomic mass is 9.82. The Balaban J connectivity index is 1.51. The number of nitrogens with zero attached hydrogens (tertiary/aromatic N) is 5. The van der Waals surface area contributed by atoms with E-state index in [9.17, 15) is 20.2 Å². The minimum Gasteiger partial charge on any atom is -0.372 e. The second kappa shape index (κ2) is 9.19. The van der Waals surface area contributed by atoms with Crippen LogP contribution in [0.25, 0.3) is 0 Å². The van der Waals surface area contributed by atoms with Gasteiger partial charge in [-0.05, 0) is 44.0 Å². The van der Waals surface area contributed by atoms with Gasteiger partial charge in [-0.15, -0.1) is 0 Å². The summed E-state index contributed by atoms with van der Waals surface area (Å²) in [6.45, 7) is 6.98. The summed E-state index contributed by atoms with van der Waals surface area (Å²) in [6, 6.07) is 14.7. The number of nitro benzene ring substituents is 1. The van der Waals surface area contributed by atoms with Crippen LogP contribution in [-0.2, 0) is 16.0 Å². The van der Waals surface area contributed by atoms with E-state index >= 15 is 0 Å². The lowest BCUT2D eigenvalue weighted by molar-refractivity contribution is -0.384. The van der Waals surface area contributed by atoms with Crippen molar-refractivity contribution in [1.29, 1.82) is 5.26 Å². The van der Waals surface area contributed by atoms with Gasteiger partial charge in [0.25, 0.3) is 5.69 Å². The molecule has 2 aromatic carbocycles. The topological polar surface area (TPSA) is 103 Å². The van der Waals surface area contributed by atoms with Gasteiger partial charge in [-0.3, -0.25) is 14.9 Å². The number of para-hydroxylation sites is 1. The molecule has 0 aromatic heterocycles. The number of hydrogen-bond acceptors (Lipinski definition) is 7. The van der Waals surface area contributed by atoms with Gasteiger partial charge in [0.2, 0.25) is 5.91 Å². The number of fused-ring (bicyclic) bond motifs is 3. The van der Waals surface area contributed by atoms with Crippen molar-refractivity contribution in [2.75, 3.05) is 42.5 Å². The molecule has 3 aliphatic rings. The van der Waals surface area contributed by atoms with Crippen molar-refractivity contribution in [3.63, 3.8) is 0 Å². The van der Waals surface area contributed by atoms with Gasteiger partial charge in [-0.1, -0.05) is 12.1 Å². The quantitative estimate of drug-likeness (QED) is 0.497. The average molecular weight is 476 g/mol. The molecular weight excluding hydrogens is 446 g/mol. The van der Waals surface area contributed by atoms with E-state index in [1.54, 1.807) is 12.1 Å². The van der Waals surface area contributed by atoms with E-state index in [0.29, 0.717) is 44.7 Å². The first-order valence-corrected chi connectivity index (χ1v) is 12.1. The lowest BCUT2D eigenvalue weighted by Crippen LogP contribution is -2.62. The fourth-order valence-electron chi connectivity index (χ4n) is 5.86. The fourth-order valence-corrected chi connectivity index (χ4v) is 5.86. The third kappa shape index (κ3) is 4.30. The van der Waals surface area contributed by atoms with E-state index in [0.717, 1.165) is 16.9 Å². The Kier molecular flexibility index (Phi) is 6.07. The van der Waals surface area contributed by atoms with Crippen LogP contribution in [0.1, 0.15) is 25.0 Å². The van der Waals surface area contributed by atoms with Crippen molar-refractivity contribution in [2.45, 2.75) is 38.5 Å². The Morgan fingerprint density at radius 3 is 2.54 bits per heavy atom. The Morgan fingerprint density at radius 1 is 1.09 bits per heavy atom. The number of rotatable bonds is 3. The molecule has 4 atom stereocenters. The Hall–Kier alpha value is -3.64. The molecule has 0 saturated carbocycles. The summed E-state index contributed by atoms with van der Waals surface area (Å²) in [6.07, 6.45) is 0.368. The highest BCUT2D eigenvalue weighted by molar-refractivity contribution is 5.83. The van der Waals surface area contributed by atoms with Crippen molar-refractivity contribution in [2.24, 2.45) is 5.92 Å². The van der Waals surface area contributed by atoms with Crippen LogP contribution in [0, 0.1) is 27.4 Å². The number of hydrogen-bond donors (Lipinski definition) is 0. The van der Waals surface area contributed by atoms with Crippen LogP contribution in [-0.4, -0.2) is 66.7 Å². The number of ether oxygens (including phenoxy) is 1. The number of nitro groups is 1. The molecule has 3 aliphatic heterocycles. The summed E-state index contributed by atoms with van der Waals surface area (Å²) in [7, 11) is 0. The summed E-state index contributed by atoms with van der Waals surface area (Å²) < 4.78 is 5.84. The van der Waals surface area contributed by atoms with Crippen LogP contribution in [0.4, 0.5) is 17.1 Å². The SMILES string of the molecule is CC1CN(C(=O)C2Cc3cc([N+](=O)[O-])ccc3N3CCN(c4ccccc4C#N)CC23)CC(C)O1. The third-order valence-electron chi connectivity index (χ3n) is 7.32. The second-order valence-electron chi connectivity index (χ2n) is 9.72. The van der Waals surface area contributed by atoms with Crippen LogP contribution in [0.5, 0.6) is 0 Å². The highest BCUT2D eigenvalue weighted by Crippen LogP contribution is 2.39. The summed E-state index contributed by atoms with van der Waals surface area (Å²) >= 11 is 0. The summed E-state index contributed by atoms with van der Waals surface area (Å²) in [4.78, 5) is 31.3. The standard InChI is InChI=1S/C26H29N5O4/c1-17-14-29(15-18(2)35-17)26(32)22-12-20-11-21(31(33)34)7-8-24(20)30-10-9-28(16-25(22)30)23-6-4-3-5-19(23)13-27/h3-8,11,17-18,22,25H,9-10,12,14-16H2,1-2H3. The number of carbonyl (C=O) groups excluding carboxylic acids is 1. The monoisotopic (exact) mass is 475 g/mol. The van der Waals surface area contributed by atoms with Gasteiger partial charge in [0.05, 0.1) is 40.3 Å². The number of non-ortho nitro benzene ring substituents is 1. The average Bonchev–Trinajstić information content (AvgIpc) is 2.86. The van der Waals surface area contributed by atoms with E-state index < -0.39 is 0 Å². The molecule has 0 N–H and O–H groups in total. The van der Waals surface area contributed by atoms with E-state index in [-0.39, 0.29) is 40.7 Å². The maximum absolute atomic E-state index is 13.9. The molecule has 0 spiro atoms. The maximum atomic E-state index is 13.9. The molecule has 0 bridgehead atoms. The van der Waals surface area contributed by atoms with Crippen LogP contribution in [0.15, 0.2) is 42.5 Å². The smallest absolute Gasteiger partial charge is 0.269 e. The van der Waals surface area contributed by atoms with Crippen LogP contribution in [0.2, 0.25) is 0 Å². The van der Waals surface area contributed by atoms with E-state index in [2.05, 4.69) is 15.9 Å². The minimum absolute atomic E-state index is 0.0406. The highest BCUT2D eigenvalue weighted by Gasteiger charge is 2.44. The van der Waals surface area contributed by atoms with Gasteiger partial charge in [0.1, 0.15) is 6.07 Å². The second-order valence-corrected chi connectivity index (χ2v) is 9.72. The van der Waals surface area contributed by atoms with E-state index in [1.807, 2.05) is 49.1 Å². The van der Waals surface area contributed by atoms with Gasteiger partial charge >= 0.3 is 0 Å². The first-order chi connectivity index (χ1) is 16.9. The molecule has 1 amide bonds. The zero-order valence-electron chi connectivity index (χ0n) is 20.0. The summed E-state index contributed by atoms with van der Waals surface area (Å²) in [5, 5.41) is 21.1. The fraction of sp³-hybridized carbons (Fsp3) is 0.462. The third-order valence-corrected chi connectivity index (χ3v) is 7.32. The van der Waals surface area contributed by atoms with Gasteiger partial charge in [0, 0.05) is 50.5 Å². The first kappa shape index (κ1) is 23.1. The minimum atomic E-state index is -0.384. The number of carbonyl (C=O) groups is 1. The van der Waals surface area contributed by atoms with Gasteiger partial charge < -0.3 is 19.4 Å². The zero-order chi connectivity index (χ0) is 24.7. The van der Waals surface area contributed by atoms with Crippen molar-refractivity contribution < 1.29 is 14.5 Å². The van der Waals surface area contributed by atoms with E-state index in [4.69, 9.17) is 4.74 Å². The normalized spacial score (nSPS) is 25.9. The van der Waals surface area contributed by atoms with E-state index in [1.165, 1.54) is 0 Å². The molecule has 4 unspecified atom stereocenters. The summed E-state index contributed by atoms with van der Waals surface area (Å²) in [5.41, 5.74) is 3.34. The van der Waals surface area contributed by atoms with Crippen LogP contribution < -0.4 is 9.80 Å². The lowest BCUT2D eigenvalue weighted by Gasteiger charge is -2.50. The maximum Gasteiger partial charge on any atom is 0.269 e. The predicted octanol–water partition coefficient (Wildman–Crippen LogP) is 2.97. The molecule has 182 valence electrons. The van der Waals surface area contributed by atoms with Gasteiger partial charge in [0.15, 0.2) is 0 Å². The molecule has 0 aliphatic carbocycles. The molecule has 9 heteroatoms. The molecule has 9 nitrogen and oxygen atoms in total. The Labute approximate surface area is 204 Å². The van der Waals surface area contributed by atoms with Crippen molar-refractivity contribution in [3.8, 4) is 6.07 Å². The Bertz CT molecular complexity index is 1180. The number of anilines is 2. The van der Waals surface area contributed by atoms with Crippen molar-refractivity contribution in [3.05, 3.63) is 63.7 Å². The number of nitriles is 1. The van der Waals surface area contributed by atoms with Crippen LogP contribution >= 0.6 is 0 Å². The molecule has 2 saturated heterocycles. The highest BCUT2D eigenvalue weighted by atomic mass is 16.6. The molecule has 35 heavy (non-hydrogen) atoms. The first-order valence-electron chi connectivity index (χ1n) is 12.1. The summed E-state index contributed by atoms with van der Waals surface area (Å²) in [5.74, 6) is -0.284. The number of benzene rings is 2. The Morgan fingerprint density at radius 2 is 1.83 bits per heavy atom. The van der Waals surface area contributed by atoms with Crippen molar-refractivity contribution in [1.82, 2.24) is 4.90 Å². The predicted molar refractivity (Wildman–Crippen MR) is 131 cm³/mol. The molecular formula is C26H29N5O4. The van der Waals surface area contributed by atoms with Gasteiger partial charge in [-0.2, -0.15) is 5.26 Å². The molecule has 5 rings (SSSR count). The van der Waals surface area contributed by atoms with Crippen molar-refractivity contribution >= 4 is 23.0 Å². The number of amides is 1. The number of piperazine rings is 1. The molecule has 2 fully saturated rings. The molecule has 2 aromatic rings. The molecule has 3 heterocycles. The van der Waals surface area contributed by atoms with Crippen LogP contribution in [0.3, 0.4) is 0 Å². The zero-order valence-corrected chi connectivity index (χ0v) is 20.0.